The minimum absolute atomic E-state index is 0.0162. The van der Waals surface area contributed by atoms with Gasteiger partial charge in [0.05, 0.1) is 25.4 Å². The smallest absolute Gasteiger partial charge is 0.335 e. The van der Waals surface area contributed by atoms with Gasteiger partial charge in [0.25, 0.3) is 5.91 Å². The number of nitrogens with zero attached hydrogens (tertiary/aromatic N) is 1. The summed E-state index contributed by atoms with van der Waals surface area (Å²) in [6.45, 7) is -0.958. The van der Waals surface area contributed by atoms with Gasteiger partial charge in [0, 0.05) is 34.6 Å². The Bertz CT molecular complexity index is 1030. The van der Waals surface area contributed by atoms with E-state index in [4.69, 9.17) is 23.2 Å². The summed E-state index contributed by atoms with van der Waals surface area (Å²) in [7, 11) is 1.91. The molecular formula is C22H24Cl2N2O6. The third-order valence-corrected chi connectivity index (χ3v) is 6.20. The first-order chi connectivity index (χ1) is 15.1. The van der Waals surface area contributed by atoms with Crippen molar-refractivity contribution in [3.8, 4) is 0 Å². The zero-order valence-corrected chi connectivity index (χ0v) is 18.8. The van der Waals surface area contributed by atoms with E-state index >= 15 is 0 Å². The summed E-state index contributed by atoms with van der Waals surface area (Å²) in [6, 6.07) is 7.71. The zero-order chi connectivity index (χ0) is 23.6. The molecule has 0 fully saturated rings. The van der Waals surface area contributed by atoms with Gasteiger partial charge in [-0.25, -0.2) is 4.79 Å². The Labute approximate surface area is 195 Å². The highest BCUT2D eigenvalue weighted by Crippen LogP contribution is 2.39. The second-order valence-electron chi connectivity index (χ2n) is 8.06. The van der Waals surface area contributed by atoms with Gasteiger partial charge in [0.2, 0.25) is 0 Å². The van der Waals surface area contributed by atoms with Gasteiger partial charge in [-0.05, 0) is 54.1 Å². The van der Waals surface area contributed by atoms with Crippen LogP contribution in [0.1, 0.15) is 43.3 Å². The van der Waals surface area contributed by atoms with Gasteiger partial charge >= 0.3 is 5.97 Å². The molecule has 8 nitrogen and oxygen atoms in total. The van der Waals surface area contributed by atoms with Crippen molar-refractivity contribution in [2.24, 2.45) is 0 Å². The summed E-state index contributed by atoms with van der Waals surface area (Å²) in [5, 5.41) is 41.5. The van der Waals surface area contributed by atoms with Gasteiger partial charge in [0.15, 0.2) is 0 Å². The summed E-state index contributed by atoms with van der Waals surface area (Å²) in [6.07, 6.45) is 0. The number of carbonyl (C=O) groups excluding carboxylic acids is 1. The van der Waals surface area contributed by atoms with Gasteiger partial charge in [-0.3, -0.25) is 4.79 Å². The van der Waals surface area contributed by atoms with E-state index in [0.29, 0.717) is 28.7 Å². The molecule has 2 aromatic rings. The van der Waals surface area contributed by atoms with Crippen molar-refractivity contribution in [3.63, 3.8) is 0 Å². The molecule has 10 heteroatoms. The Hall–Kier alpha value is -2.20. The molecule has 0 saturated carbocycles. The van der Waals surface area contributed by atoms with E-state index in [9.17, 15) is 30.0 Å². The summed E-state index contributed by atoms with van der Waals surface area (Å²) in [5.74, 6) is -2.25. The number of amides is 1. The Morgan fingerprint density at radius 3 is 2.28 bits per heavy atom. The molecule has 32 heavy (non-hydrogen) atoms. The van der Waals surface area contributed by atoms with Crippen LogP contribution in [0, 0.1) is 0 Å². The molecule has 1 aliphatic heterocycles. The number of fused-ring (bicyclic) bond motifs is 1. The second-order valence-corrected chi connectivity index (χ2v) is 8.91. The minimum atomic E-state index is -1.64. The monoisotopic (exact) mass is 482 g/mol. The van der Waals surface area contributed by atoms with E-state index in [2.05, 4.69) is 5.32 Å². The van der Waals surface area contributed by atoms with Gasteiger partial charge in [-0.15, -0.1) is 0 Å². The molecular weight excluding hydrogens is 459 g/mol. The highest BCUT2D eigenvalue weighted by Gasteiger charge is 2.32. The minimum Gasteiger partial charge on any atom is -0.478 e. The zero-order valence-electron chi connectivity index (χ0n) is 17.3. The second kappa shape index (κ2) is 9.74. The fraction of sp³-hybridized carbons (Fsp3) is 0.364. The van der Waals surface area contributed by atoms with E-state index in [0.717, 1.165) is 11.1 Å². The summed E-state index contributed by atoms with van der Waals surface area (Å²) in [4.78, 5) is 26.7. The van der Waals surface area contributed by atoms with Gasteiger partial charge in [0.1, 0.15) is 5.54 Å². The number of carboxylic acid groups (broad SMARTS) is 1. The van der Waals surface area contributed by atoms with Crippen molar-refractivity contribution in [1.29, 1.82) is 0 Å². The fourth-order valence-corrected chi connectivity index (χ4v) is 4.39. The van der Waals surface area contributed by atoms with Gasteiger partial charge in [-0.2, -0.15) is 0 Å². The summed E-state index contributed by atoms with van der Waals surface area (Å²) in [5.41, 5.74) is 0.575. The highest BCUT2D eigenvalue weighted by atomic mass is 35.5. The lowest BCUT2D eigenvalue weighted by atomic mass is 9.83. The number of carboxylic acids is 1. The first-order valence-corrected chi connectivity index (χ1v) is 10.6. The molecule has 0 saturated heterocycles. The van der Waals surface area contributed by atoms with Crippen molar-refractivity contribution in [2.45, 2.75) is 18.0 Å². The van der Waals surface area contributed by atoms with Crippen LogP contribution in [0.2, 0.25) is 10.0 Å². The number of nitrogens with one attached hydrogen (secondary N) is 1. The Balaban J connectivity index is 2.10. The first kappa shape index (κ1) is 24.4. The largest absolute Gasteiger partial charge is 0.478 e. The standard InChI is InChI=1S/C22H24Cl2N2O6/c1-26-7-17(16-5-15(23)6-19(24)18(16)8-26)12-2-13(4-14(3-12)21(31)32)20(30)25-22(9-27,10-28)11-29/h2-6,17,27-29H,7-11H2,1H3,(H,25,30)(H,31,32). The molecule has 1 heterocycles. The van der Waals surface area contributed by atoms with E-state index in [1.165, 1.54) is 12.1 Å². The lowest BCUT2D eigenvalue weighted by molar-refractivity contribution is 0.0375. The molecule has 1 amide bonds. The van der Waals surface area contributed by atoms with Crippen molar-refractivity contribution < 1.29 is 30.0 Å². The molecule has 2 aromatic carbocycles. The van der Waals surface area contributed by atoms with Crippen LogP contribution in [0.25, 0.3) is 0 Å². The Morgan fingerprint density at radius 2 is 1.69 bits per heavy atom. The van der Waals surface area contributed by atoms with Crippen LogP contribution in [0.5, 0.6) is 0 Å². The number of aliphatic hydroxyl groups is 3. The van der Waals surface area contributed by atoms with Crippen LogP contribution < -0.4 is 5.32 Å². The lowest BCUT2D eigenvalue weighted by Crippen LogP contribution is -2.57. The summed E-state index contributed by atoms with van der Waals surface area (Å²) < 4.78 is 0. The number of hydrogen-bond acceptors (Lipinski definition) is 6. The average molecular weight is 483 g/mol. The predicted octanol–water partition coefficient (Wildman–Crippen LogP) is 1.71. The van der Waals surface area contributed by atoms with Crippen molar-refractivity contribution in [2.75, 3.05) is 33.4 Å². The molecule has 0 aliphatic carbocycles. The Morgan fingerprint density at radius 1 is 1.06 bits per heavy atom. The molecule has 1 aliphatic rings. The normalized spacial score (nSPS) is 16.5. The van der Waals surface area contributed by atoms with E-state index in [-0.39, 0.29) is 17.0 Å². The van der Waals surface area contributed by atoms with Crippen molar-refractivity contribution in [1.82, 2.24) is 10.2 Å². The molecule has 0 bridgehead atoms. The van der Waals surface area contributed by atoms with Gasteiger partial charge in [-0.1, -0.05) is 23.2 Å². The molecule has 172 valence electrons. The number of benzene rings is 2. The maximum absolute atomic E-state index is 12.9. The third kappa shape index (κ3) is 4.91. The lowest BCUT2D eigenvalue weighted by Gasteiger charge is -2.34. The third-order valence-electron chi connectivity index (χ3n) is 5.65. The van der Waals surface area contributed by atoms with E-state index in [1.54, 1.807) is 18.2 Å². The molecule has 0 aromatic heterocycles. The van der Waals surface area contributed by atoms with Crippen molar-refractivity contribution >= 4 is 35.1 Å². The molecule has 1 atom stereocenters. The van der Waals surface area contributed by atoms with E-state index < -0.39 is 37.2 Å². The van der Waals surface area contributed by atoms with Crippen LogP contribution in [0.4, 0.5) is 0 Å². The predicted molar refractivity (Wildman–Crippen MR) is 119 cm³/mol. The fourth-order valence-electron chi connectivity index (χ4n) is 3.82. The number of carbonyl (C=O) groups is 2. The first-order valence-electron chi connectivity index (χ1n) is 9.82. The van der Waals surface area contributed by atoms with Crippen LogP contribution in [0.3, 0.4) is 0 Å². The number of hydrogen-bond donors (Lipinski definition) is 5. The van der Waals surface area contributed by atoms with Crippen LogP contribution in [-0.4, -0.2) is 76.2 Å². The number of rotatable bonds is 7. The topological polar surface area (TPSA) is 130 Å². The molecule has 1 unspecified atom stereocenters. The molecule has 0 radical (unpaired) electrons. The van der Waals surface area contributed by atoms with Crippen LogP contribution in [-0.2, 0) is 6.54 Å². The molecule has 5 N–H and O–H groups in total. The number of halogens is 2. The van der Waals surface area contributed by atoms with Crippen molar-refractivity contribution in [3.05, 3.63) is 68.2 Å². The SMILES string of the molecule is CN1Cc2c(Cl)cc(Cl)cc2C(c2cc(C(=O)O)cc(C(=O)NC(CO)(CO)CO)c2)C1. The number of likely N-dealkylation sites (N-methyl/N-ethyl adjacent to an activating group) is 1. The summed E-state index contributed by atoms with van der Waals surface area (Å²) >= 11 is 12.6. The average Bonchev–Trinajstić information content (AvgIpc) is 2.77. The van der Waals surface area contributed by atoms with E-state index in [1.807, 2.05) is 11.9 Å². The molecule has 3 rings (SSSR count). The number of aromatic carboxylic acids is 1. The highest BCUT2D eigenvalue weighted by molar-refractivity contribution is 6.35. The van der Waals surface area contributed by atoms with Crippen LogP contribution in [0.15, 0.2) is 30.3 Å². The van der Waals surface area contributed by atoms with Crippen LogP contribution >= 0.6 is 23.2 Å². The Kier molecular flexibility index (Phi) is 7.44. The van der Waals surface area contributed by atoms with Gasteiger partial charge < -0.3 is 30.6 Å². The maximum Gasteiger partial charge on any atom is 0.335 e. The molecule has 0 spiro atoms. The maximum atomic E-state index is 12.9. The number of aliphatic hydroxyl groups excluding tert-OH is 3. The quantitative estimate of drug-likeness (QED) is 0.406.